The van der Waals surface area contributed by atoms with Crippen LogP contribution in [0.5, 0.6) is 0 Å². The fourth-order valence-corrected chi connectivity index (χ4v) is 4.66. The number of carbonyl (C=O) groups is 2. The lowest BCUT2D eigenvalue weighted by atomic mass is 10.1. The summed E-state index contributed by atoms with van der Waals surface area (Å²) in [6.45, 7) is 0.938. The molecule has 0 aliphatic carbocycles. The summed E-state index contributed by atoms with van der Waals surface area (Å²) < 4.78 is 41.3. The summed E-state index contributed by atoms with van der Waals surface area (Å²) in [5, 5.41) is 0.254. The highest BCUT2D eigenvalue weighted by Crippen LogP contribution is 2.33. The third-order valence-corrected chi connectivity index (χ3v) is 6.31. The molecule has 1 aromatic heterocycles. The summed E-state index contributed by atoms with van der Waals surface area (Å²) in [6.07, 6.45) is 0.00254. The second-order valence-corrected chi connectivity index (χ2v) is 8.91. The van der Waals surface area contributed by atoms with Crippen LogP contribution in [0.4, 0.5) is 24.0 Å². The van der Waals surface area contributed by atoms with E-state index in [1.807, 2.05) is 19.0 Å². The van der Waals surface area contributed by atoms with Crippen LogP contribution < -0.4 is 9.80 Å². The van der Waals surface area contributed by atoms with Gasteiger partial charge in [-0.25, -0.2) is 18.2 Å². The normalized spacial score (nSPS) is 15.9. The molecule has 1 aliphatic rings. The summed E-state index contributed by atoms with van der Waals surface area (Å²) in [5.41, 5.74) is 0.522. The Bertz CT molecular complexity index is 1170. The van der Waals surface area contributed by atoms with Crippen molar-refractivity contribution in [3.05, 3.63) is 53.8 Å². The lowest BCUT2D eigenvalue weighted by Crippen LogP contribution is -2.41. The molecule has 1 unspecified atom stereocenters. The smallest absolute Gasteiger partial charge is 0.234 e. The number of anilines is 2. The van der Waals surface area contributed by atoms with Crippen LogP contribution in [-0.4, -0.2) is 55.4 Å². The number of carbonyl (C=O) groups excluding carboxylic acids is 2. The summed E-state index contributed by atoms with van der Waals surface area (Å²) in [4.78, 5) is 35.0. The van der Waals surface area contributed by atoms with Gasteiger partial charge in [0.15, 0.2) is 10.9 Å². The Morgan fingerprint density at radius 3 is 2.48 bits per heavy atom. The maximum atomic E-state index is 14.2. The molecule has 1 atom stereocenters. The zero-order valence-electron chi connectivity index (χ0n) is 17.9. The van der Waals surface area contributed by atoms with Crippen LogP contribution in [0.3, 0.4) is 0 Å². The molecule has 1 saturated heterocycles. The minimum atomic E-state index is -0.791. The quantitative estimate of drug-likeness (QED) is 0.514. The van der Waals surface area contributed by atoms with Gasteiger partial charge in [-0.1, -0.05) is 11.3 Å². The molecule has 1 aliphatic heterocycles. The first-order chi connectivity index (χ1) is 15.2. The Balaban J connectivity index is 0.00000306. The molecule has 2 amide bonds. The molecule has 1 fully saturated rings. The van der Waals surface area contributed by atoms with E-state index in [0.29, 0.717) is 16.9 Å². The zero-order chi connectivity index (χ0) is 23.0. The molecule has 0 spiro atoms. The molecule has 33 heavy (non-hydrogen) atoms. The number of hydrogen-bond acceptors (Lipinski definition) is 5. The van der Waals surface area contributed by atoms with Gasteiger partial charge in [0.05, 0.1) is 10.6 Å². The number of amides is 2. The molecular formula is C22H22ClF3N4O2S. The first kappa shape index (κ1) is 24.9. The van der Waals surface area contributed by atoms with Gasteiger partial charge in [-0.3, -0.25) is 14.5 Å². The van der Waals surface area contributed by atoms with Gasteiger partial charge in [-0.05, 0) is 44.4 Å². The predicted octanol–water partition coefficient (Wildman–Crippen LogP) is 4.08. The molecule has 2 aromatic carbocycles. The van der Waals surface area contributed by atoms with E-state index in [1.165, 1.54) is 40.1 Å². The molecular weight excluding hydrogens is 477 g/mol. The average Bonchev–Trinajstić information content (AvgIpc) is 3.32. The number of halogens is 4. The lowest BCUT2D eigenvalue weighted by molar-refractivity contribution is -0.124. The van der Waals surface area contributed by atoms with Gasteiger partial charge in [0, 0.05) is 37.8 Å². The van der Waals surface area contributed by atoms with Crippen LogP contribution in [0.25, 0.3) is 10.2 Å². The number of rotatable bonds is 6. The van der Waals surface area contributed by atoms with Gasteiger partial charge in [-0.15, -0.1) is 12.4 Å². The summed E-state index contributed by atoms with van der Waals surface area (Å²) in [5.74, 6) is -3.11. The van der Waals surface area contributed by atoms with E-state index >= 15 is 0 Å². The van der Waals surface area contributed by atoms with Crippen molar-refractivity contribution < 1.29 is 22.8 Å². The number of thiazole rings is 1. The fraction of sp³-hybridized carbons (Fsp3) is 0.318. The van der Waals surface area contributed by atoms with Crippen LogP contribution >= 0.6 is 23.7 Å². The van der Waals surface area contributed by atoms with E-state index < -0.39 is 23.4 Å². The molecule has 0 saturated carbocycles. The highest BCUT2D eigenvalue weighted by atomic mass is 35.5. The first-order valence-corrected chi connectivity index (χ1v) is 10.8. The Hall–Kier alpha value is -2.69. The van der Waals surface area contributed by atoms with Crippen molar-refractivity contribution in [3.63, 3.8) is 0 Å². The molecule has 0 N–H and O–H groups in total. The minimum Gasteiger partial charge on any atom is -0.312 e. The average molecular weight is 499 g/mol. The van der Waals surface area contributed by atoms with Crippen molar-refractivity contribution in [1.29, 1.82) is 0 Å². The van der Waals surface area contributed by atoms with E-state index in [1.54, 1.807) is 0 Å². The molecule has 4 rings (SSSR count). The Morgan fingerprint density at radius 2 is 1.82 bits per heavy atom. The SMILES string of the molecule is CN(C)CCN(C(=O)C1CC(=O)N(c2ccc(F)cc2)C1)c1nc2c(F)cc(F)cc2s1.Cl. The third kappa shape index (κ3) is 5.29. The van der Waals surface area contributed by atoms with Crippen molar-refractivity contribution in [2.24, 2.45) is 5.92 Å². The topological polar surface area (TPSA) is 56.8 Å². The van der Waals surface area contributed by atoms with E-state index in [-0.39, 0.29) is 54.4 Å². The van der Waals surface area contributed by atoms with Gasteiger partial charge >= 0.3 is 0 Å². The Labute approximate surface area is 199 Å². The maximum Gasteiger partial charge on any atom is 0.234 e. The van der Waals surface area contributed by atoms with Gasteiger partial charge in [0.1, 0.15) is 17.2 Å². The molecule has 0 bridgehead atoms. The van der Waals surface area contributed by atoms with Crippen molar-refractivity contribution in [1.82, 2.24) is 9.88 Å². The summed E-state index contributed by atoms with van der Waals surface area (Å²) in [7, 11) is 3.71. The molecule has 6 nitrogen and oxygen atoms in total. The van der Waals surface area contributed by atoms with Crippen LogP contribution in [0, 0.1) is 23.4 Å². The third-order valence-electron chi connectivity index (χ3n) is 5.28. The fourth-order valence-electron chi connectivity index (χ4n) is 3.63. The molecule has 176 valence electrons. The highest BCUT2D eigenvalue weighted by molar-refractivity contribution is 7.22. The van der Waals surface area contributed by atoms with E-state index in [4.69, 9.17) is 0 Å². The molecule has 11 heteroatoms. The van der Waals surface area contributed by atoms with Crippen LogP contribution in [0.15, 0.2) is 36.4 Å². The second-order valence-electron chi connectivity index (χ2n) is 7.91. The number of nitrogens with zero attached hydrogens (tertiary/aromatic N) is 4. The van der Waals surface area contributed by atoms with Gasteiger partial charge < -0.3 is 9.80 Å². The van der Waals surface area contributed by atoms with Gasteiger partial charge in [0.25, 0.3) is 0 Å². The number of likely N-dealkylation sites (N-methyl/N-ethyl adjacent to an activating group) is 1. The van der Waals surface area contributed by atoms with E-state index in [0.717, 1.165) is 17.4 Å². The van der Waals surface area contributed by atoms with Crippen LogP contribution in [0.1, 0.15) is 6.42 Å². The highest BCUT2D eigenvalue weighted by Gasteiger charge is 2.38. The monoisotopic (exact) mass is 498 g/mol. The number of hydrogen-bond donors (Lipinski definition) is 0. The molecule has 2 heterocycles. The summed E-state index contributed by atoms with van der Waals surface area (Å²) >= 11 is 1.03. The second kappa shape index (κ2) is 10.1. The van der Waals surface area contributed by atoms with Crippen molar-refractivity contribution in [2.45, 2.75) is 6.42 Å². The summed E-state index contributed by atoms with van der Waals surface area (Å²) in [6, 6.07) is 7.45. The Morgan fingerprint density at radius 1 is 1.12 bits per heavy atom. The maximum absolute atomic E-state index is 14.2. The Kier molecular flexibility index (Phi) is 7.61. The van der Waals surface area contributed by atoms with Gasteiger partial charge in [-0.2, -0.15) is 0 Å². The van der Waals surface area contributed by atoms with Crippen LogP contribution in [-0.2, 0) is 9.59 Å². The molecule has 3 aromatic rings. The standard InChI is InChI=1S/C22H21F3N4O2S.ClH/c1-27(2)7-8-28(22-26-20-17(25)10-15(24)11-18(20)32-22)21(31)13-9-19(30)29(12-13)16-5-3-14(23)4-6-16;/h3-6,10-11,13H,7-9,12H2,1-2H3;1H. The van der Waals surface area contributed by atoms with Crippen molar-refractivity contribution >= 4 is 56.6 Å². The zero-order valence-corrected chi connectivity index (χ0v) is 19.6. The minimum absolute atomic E-state index is 0. The lowest BCUT2D eigenvalue weighted by Gasteiger charge is -2.24. The van der Waals surface area contributed by atoms with Crippen molar-refractivity contribution in [2.75, 3.05) is 43.5 Å². The predicted molar refractivity (Wildman–Crippen MR) is 125 cm³/mol. The largest absolute Gasteiger partial charge is 0.312 e. The number of fused-ring (bicyclic) bond motifs is 1. The van der Waals surface area contributed by atoms with Crippen molar-refractivity contribution in [3.8, 4) is 0 Å². The number of aromatic nitrogens is 1. The van der Waals surface area contributed by atoms with E-state index in [9.17, 15) is 22.8 Å². The van der Waals surface area contributed by atoms with E-state index in [2.05, 4.69) is 4.98 Å². The van der Waals surface area contributed by atoms with Crippen LogP contribution in [0.2, 0.25) is 0 Å². The first-order valence-electron chi connectivity index (χ1n) is 10.0. The molecule has 0 radical (unpaired) electrons. The van der Waals surface area contributed by atoms with Gasteiger partial charge in [0.2, 0.25) is 11.8 Å². The number of benzene rings is 2.